The van der Waals surface area contributed by atoms with Crippen molar-refractivity contribution < 1.29 is 9.59 Å². The molecule has 1 fully saturated rings. The molecule has 1 heterocycles. The van der Waals surface area contributed by atoms with Crippen LogP contribution in [0, 0.1) is 6.92 Å². The lowest BCUT2D eigenvalue weighted by atomic mass is 10.1. The van der Waals surface area contributed by atoms with E-state index < -0.39 is 0 Å². The molecule has 124 valence electrons. The molecule has 1 N–H and O–H groups in total. The van der Waals surface area contributed by atoms with Crippen LogP contribution in [0.15, 0.2) is 30.6 Å². The average molecular weight is 324 g/mol. The molecule has 24 heavy (non-hydrogen) atoms. The Morgan fingerprint density at radius 1 is 1.17 bits per heavy atom. The number of aromatic nitrogens is 2. The van der Waals surface area contributed by atoms with Gasteiger partial charge in [0.1, 0.15) is 5.82 Å². The van der Waals surface area contributed by atoms with Gasteiger partial charge >= 0.3 is 0 Å². The SMILES string of the molecule is Cc1c(NC(=O)c2cnc(C3CC3)nc2)cccc1C(=O)N(C)C. The number of hydrogen-bond acceptors (Lipinski definition) is 4. The van der Waals surface area contributed by atoms with E-state index in [4.69, 9.17) is 0 Å². The number of benzene rings is 1. The van der Waals surface area contributed by atoms with E-state index >= 15 is 0 Å². The first-order chi connectivity index (χ1) is 11.5. The molecule has 3 rings (SSSR count). The molecule has 6 heteroatoms. The first kappa shape index (κ1) is 16.1. The number of nitrogens with one attached hydrogen (secondary N) is 1. The van der Waals surface area contributed by atoms with E-state index in [1.165, 1.54) is 4.90 Å². The third-order valence-electron chi connectivity index (χ3n) is 4.10. The van der Waals surface area contributed by atoms with Crippen molar-refractivity contribution in [3.63, 3.8) is 0 Å². The van der Waals surface area contributed by atoms with Crippen molar-refractivity contribution in [3.05, 3.63) is 53.1 Å². The Hall–Kier alpha value is -2.76. The molecule has 0 bridgehead atoms. The van der Waals surface area contributed by atoms with Gasteiger partial charge in [-0.15, -0.1) is 0 Å². The summed E-state index contributed by atoms with van der Waals surface area (Å²) in [6.45, 7) is 1.82. The monoisotopic (exact) mass is 324 g/mol. The summed E-state index contributed by atoms with van der Waals surface area (Å²) in [4.78, 5) is 34.6. The van der Waals surface area contributed by atoms with Crippen LogP contribution in [-0.4, -0.2) is 40.8 Å². The smallest absolute Gasteiger partial charge is 0.258 e. The van der Waals surface area contributed by atoms with Crippen LogP contribution >= 0.6 is 0 Å². The number of anilines is 1. The fourth-order valence-corrected chi connectivity index (χ4v) is 2.45. The molecular formula is C18H20N4O2. The van der Waals surface area contributed by atoms with Crippen LogP contribution in [0.25, 0.3) is 0 Å². The molecule has 1 aliphatic carbocycles. The molecule has 0 unspecified atom stereocenters. The van der Waals surface area contributed by atoms with Crippen molar-refractivity contribution in [2.24, 2.45) is 0 Å². The van der Waals surface area contributed by atoms with E-state index in [9.17, 15) is 9.59 Å². The molecule has 0 aliphatic heterocycles. The molecule has 0 radical (unpaired) electrons. The molecule has 2 amide bonds. The molecule has 0 atom stereocenters. The second-order valence-electron chi connectivity index (χ2n) is 6.24. The molecule has 1 saturated carbocycles. The topological polar surface area (TPSA) is 75.2 Å². The fourth-order valence-electron chi connectivity index (χ4n) is 2.45. The number of rotatable bonds is 4. The van der Waals surface area contributed by atoms with Crippen LogP contribution in [0.3, 0.4) is 0 Å². The minimum Gasteiger partial charge on any atom is -0.345 e. The molecular weight excluding hydrogens is 304 g/mol. The summed E-state index contributed by atoms with van der Waals surface area (Å²) in [7, 11) is 3.40. The first-order valence-corrected chi connectivity index (χ1v) is 7.92. The highest BCUT2D eigenvalue weighted by atomic mass is 16.2. The predicted molar refractivity (Wildman–Crippen MR) is 91.2 cm³/mol. The van der Waals surface area contributed by atoms with E-state index in [0.717, 1.165) is 24.2 Å². The lowest BCUT2D eigenvalue weighted by molar-refractivity contribution is 0.0826. The van der Waals surface area contributed by atoms with Crippen LogP contribution in [0.5, 0.6) is 0 Å². The Balaban J connectivity index is 1.78. The maximum atomic E-state index is 12.4. The van der Waals surface area contributed by atoms with Crippen LogP contribution in [0.2, 0.25) is 0 Å². The molecule has 0 spiro atoms. The van der Waals surface area contributed by atoms with Gasteiger partial charge < -0.3 is 10.2 Å². The van der Waals surface area contributed by atoms with Gasteiger partial charge in [0.2, 0.25) is 0 Å². The minimum atomic E-state index is -0.283. The van der Waals surface area contributed by atoms with Gasteiger partial charge in [-0.25, -0.2) is 9.97 Å². The molecule has 6 nitrogen and oxygen atoms in total. The molecule has 1 aromatic carbocycles. The average Bonchev–Trinajstić information content (AvgIpc) is 3.41. The van der Waals surface area contributed by atoms with Crippen molar-refractivity contribution in [3.8, 4) is 0 Å². The van der Waals surface area contributed by atoms with Crippen molar-refractivity contribution in [1.82, 2.24) is 14.9 Å². The van der Waals surface area contributed by atoms with Crippen molar-refractivity contribution in [2.75, 3.05) is 19.4 Å². The van der Waals surface area contributed by atoms with Gasteiger partial charge in [-0.05, 0) is 37.5 Å². The number of carbonyl (C=O) groups is 2. The summed E-state index contributed by atoms with van der Waals surface area (Å²) in [5.41, 5.74) is 2.32. The van der Waals surface area contributed by atoms with Crippen molar-refractivity contribution >= 4 is 17.5 Å². The highest BCUT2D eigenvalue weighted by molar-refractivity contribution is 6.05. The normalized spacial score (nSPS) is 13.5. The van der Waals surface area contributed by atoms with Crippen LogP contribution < -0.4 is 5.32 Å². The lowest BCUT2D eigenvalue weighted by Crippen LogP contribution is -2.23. The maximum absolute atomic E-state index is 12.4. The van der Waals surface area contributed by atoms with Gasteiger partial charge in [0.05, 0.1) is 5.56 Å². The Kier molecular flexibility index (Phi) is 4.29. The van der Waals surface area contributed by atoms with Gasteiger partial charge in [0.15, 0.2) is 0 Å². The van der Waals surface area contributed by atoms with Gasteiger partial charge in [-0.3, -0.25) is 9.59 Å². The summed E-state index contributed by atoms with van der Waals surface area (Å²) < 4.78 is 0. The summed E-state index contributed by atoms with van der Waals surface area (Å²) in [5.74, 6) is 0.884. The number of carbonyl (C=O) groups excluding carboxylic acids is 2. The van der Waals surface area contributed by atoms with Gasteiger partial charge in [-0.1, -0.05) is 6.07 Å². The van der Waals surface area contributed by atoms with E-state index in [1.54, 1.807) is 44.7 Å². The molecule has 0 saturated heterocycles. The zero-order valence-corrected chi connectivity index (χ0v) is 14.0. The first-order valence-electron chi connectivity index (χ1n) is 7.92. The number of nitrogens with zero attached hydrogens (tertiary/aromatic N) is 3. The fraction of sp³-hybridized carbons (Fsp3) is 0.333. The third-order valence-corrected chi connectivity index (χ3v) is 4.10. The van der Waals surface area contributed by atoms with E-state index in [2.05, 4.69) is 15.3 Å². The summed E-state index contributed by atoms with van der Waals surface area (Å²) >= 11 is 0. The van der Waals surface area contributed by atoms with Crippen molar-refractivity contribution in [1.29, 1.82) is 0 Å². The van der Waals surface area contributed by atoms with Crippen LogP contribution in [-0.2, 0) is 0 Å². The highest BCUT2D eigenvalue weighted by Gasteiger charge is 2.26. The van der Waals surface area contributed by atoms with E-state index in [0.29, 0.717) is 22.7 Å². The Labute approximate surface area is 140 Å². The zero-order valence-electron chi connectivity index (χ0n) is 14.0. The molecule has 1 aliphatic rings. The minimum absolute atomic E-state index is 0.0966. The standard InChI is InChI=1S/C18H20N4O2/c1-11-14(18(24)22(2)3)5-4-6-15(11)21-17(23)13-9-19-16(20-10-13)12-7-8-12/h4-6,9-10,12H,7-8H2,1-3H3,(H,21,23). The third kappa shape index (κ3) is 3.27. The largest absolute Gasteiger partial charge is 0.345 e. The predicted octanol–water partition coefficient (Wildman–Crippen LogP) is 2.62. The quantitative estimate of drug-likeness (QED) is 0.938. The number of hydrogen-bond donors (Lipinski definition) is 1. The van der Waals surface area contributed by atoms with E-state index in [-0.39, 0.29) is 11.8 Å². The summed E-state index contributed by atoms with van der Waals surface area (Å²) in [6, 6.07) is 5.28. The van der Waals surface area contributed by atoms with Crippen LogP contribution in [0.4, 0.5) is 5.69 Å². The second kappa shape index (κ2) is 6.39. The van der Waals surface area contributed by atoms with Crippen molar-refractivity contribution in [2.45, 2.75) is 25.7 Å². The van der Waals surface area contributed by atoms with Gasteiger partial charge in [0.25, 0.3) is 11.8 Å². The molecule has 2 aromatic rings. The lowest BCUT2D eigenvalue weighted by Gasteiger charge is -2.15. The number of amides is 2. The summed E-state index contributed by atoms with van der Waals surface area (Å²) in [6.07, 6.45) is 5.36. The van der Waals surface area contributed by atoms with E-state index in [1.807, 2.05) is 6.92 Å². The van der Waals surface area contributed by atoms with Gasteiger partial charge in [0, 0.05) is 43.7 Å². The second-order valence-corrected chi connectivity index (χ2v) is 6.24. The maximum Gasteiger partial charge on any atom is 0.258 e. The Morgan fingerprint density at radius 2 is 1.83 bits per heavy atom. The van der Waals surface area contributed by atoms with Gasteiger partial charge in [-0.2, -0.15) is 0 Å². The highest BCUT2D eigenvalue weighted by Crippen LogP contribution is 2.37. The zero-order chi connectivity index (χ0) is 17.3. The van der Waals surface area contributed by atoms with Crippen LogP contribution in [0.1, 0.15) is 50.9 Å². The molecule has 1 aromatic heterocycles. The Morgan fingerprint density at radius 3 is 2.42 bits per heavy atom. The Bertz CT molecular complexity index is 780. The summed E-state index contributed by atoms with van der Waals surface area (Å²) in [5, 5.41) is 2.84.